The van der Waals surface area contributed by atoms with Gasteiger partial charge in [-0.2, -0.15) is 0 Å². The number of para-hydroxylation sites is 1. The lowest BCUT2D eigenvalue weighted by Crippen LogP contribution is -2.13. The molecule has 1 rings (SSSR count). The second kappa shape index (κ2) is 3.89. The van der Waals surface area contributed by atoms with Gasteiger partial charge in [0.2, 0.25) is 0 Å². The molecule has 0 atom stereocenters. The number of hydrogen-bond donors (Lipinski definition) is 2. The number of anilines is 1. The Bertz CT molecular complexity index is 305. The van der Waals surface area contributed by atoms with Crippen molar-refractivity contribution >= 4 is 11.7 Å². The predicted molar refractivity (Wildman–Crippen MR) is 47.3 cm³/mol. The molecule has 0 aromatic heterocycles. The normalized spacial score (nSPS) is 9.69. The molecule has 70 valence electrons. The van der Waals surface area contributed by atoms with Gasteiger partial charge in [0.15, 0.2) is 0 Å². The molecule has 0 unspecified atom stereocenters. The molecule has 3 nitrogen and oxygen atoms in total. The minimum absolute atomic E-state index is 0.255. The zero-order chi connectivity index (χ0) is 9.84. The molecule has 0 amide bonds. The number of aryl methyl sites for hydroxylation is 1. The molecule has 0 saturated carbocycles. The molecule has 0 heterocycles. The first-order chi connectivity index (χ1) is 6.11. The maximum absolute atomic E-state index is 13.0. The van der Waals surface area contributed by atoms with Gasteiger partial charge in [-0.3, -0.25) is 4.79 Å². The molecule has 13 heavy (non-hydrogen) atoms. The third-order valence-electron chi connectivity index (χ3n) is 1.64. The van der Waals surface area contributed by atoms with Crippen molar-refractivity contribution in [2.75, 3.05) is 11.9 Å². The number of carboxylic acids is 1. The summed E-state index contributed by atoms with van der Waals surface area (Å²) in [6.07, 6.45) is 0. The molecule has 0 aliphatic rings. The maximum Gasteiger partial charge on any atom is 0.322 e. The van der Waals surface area contributed by atoms with E-state index in [1.54, 1.807) is 19.1 Å². The number of nitrogens with one attached hydrogen (secondary N) is 1. The van der Waals surface area contributed by atoms with Crippen LogP contribution in [-0.4, -0.2) is 17.6 Å². The predicted octanol–water partition coefficient (Wildman–Crippen LogP) is 1.63. The van der Waals surface area contributed by atoms with Crippen LogP contribution in [0.5, 0.6) is 0 Å². The molecule has 0 saturated heterocycles. The lowest BCUT2D eigenvalue weighted by Gasteiger charge is -2.07. The lowest BCUT2D eigenvalue weighted by molar-refractivity contribution is -0.134. The minimum Gasteiger partial charge on any atom is -0.480 e. The van der Waals surface area contributed by atoms with Crippen LogP contribution in [0.15, 0.2) is 18.2 Å². The third kappa shape index (κ3) is 2.43. The van der Waals surface area contributed by atoms with Crippen molar-refractivity contribution in [1.29, 1.82) is 0 Å². The van der Waals surface area contributed by atoms with Gasteiger partial charge < -0.3 is 10.4 Å². The molecule has 4 heteroatoms. The van der Waals surface area contributed by atoms with Crippen LogP contribution in [-0.2, 0) is 4.79 Å². The third-order valence-corrected chi connectivity index (χ3v) is 1.64. The summed E-state index contributed by atoms with van der Waals surface area (Å²) in [6.45, 7) is 1.44. The molecular weight excluding hydrogens is 173 g/mol. The molecule has 1 aromatic carbocycles. The van der Waals surface area contributed by atoms with Crippen LogP contribution < -0.4 is 5.32 Å². The number of rotatable bonds is 3. The smallest absolute Gasteiger partial charge is 0.322 e. The summed E-state index contributed by atoms with van der Waals surface area (Å²) in [6, 6.07) is 4.58. The zero-order valence-corrected chi connectivity index (χ0v) is 7.17. The highest BCUT2D eigenvalue weighted by molar-refractivity contribution is 5.73. The van der Waals surface area contributed by atoms with Crippen LogP contribution in [0, 0.1) is 12.7 Å². The van der Waals surface area contributed by atoms with Crippen molar-refractivity contribution in [3.8, 4) is 0 Å². The number of aliphatic carboxylic acids is 1. The Morgan fingerprint density at radius 3 is 2.85 bits per heavy atom. The Hall–Kier alpha value is -1.58. The fourth-order valence-corrected chi connectivity index (χ4v) is 1.02. The van der Waals surface area contributed by atoms with Crippen molar-refractivity contribution in [2.24, 2.45) is 0 Å². The summed E-state index contributed by atoms with van der Waals surface area (Å²) >= 11 is 0. The van der Waals surface area contributed by atoms with Gasteiger partial charge in [0.1, 0.15) is 12.4 Å². The Balaban J connectivity index is 2.81. The van der Waals surface area contributed by atoms with Crippen LogP contribution in [0.2, 0.25) is 0 Å². The molecule has 0 fully saturated rings. The summed E-state index contributed by atoms with van der Waals surface area (Å²) in [5.74, 6) is -1.44. The molecule has 0 spiro atoms. The maximum atomic E-state index is 13.0. The SMILES string of the molecule is Cc1cccc(F)c1NCC(=O)O. The summed E-state index contributed by atoms with van der Waals surface area (Å²) in [5, 5.41) is 10.9. The zero-order valence-electron chi connectivity index (χ0n) is 7.17. The number of carbonyl (C=O) groups is 1. The summed E-state index contributed by atoms with van der Waals surface area (Å²) < 4.78 is 13.0. The fourth-order valence-electron chi connectivity index (χ4n) is 1.02. The van der Waals surface area contributed by atoms with E-state index < -0.39 is 11.8 Å². The van der Waals surface area contributed by atoms with Gasteiger partial charge in [-0.25, -0.2) is 4.39 Å². The van der Waals surface area contributed by atoms with Crippen molar-refractivity contribution in [2.45, 2.75) is 6.92 Å². The lowest BCUT2D eigenvalue weighted by atomic mass is 10.2. The molecule has 1 aromatic rings. The van der Waals surface area contributed by atoms with E-state index in [1.165, 1.54) is 6.07 Å². The molecular formula is C9H10FNO2. The molecule has 0 bridgehead atoms. The Morgan fingerprint density at radius 1 is 1.62 bits per heavy atom. The van der Waals surface area contributed by atoms with Gasteiger partial charge in [-0.15, -0.1) is 0 Å². The first-order valence-corrected chi connectivity index (χ1v) is 3.82. The number of hydrogen-bond acceptors (Lipinski definition) is 2. The van der Waals surface area contributed by atoms with Crippen LogP contribution in [0.1, 0.15) is 5.56 Å². The van der Waals surface area contributed by atoms with Crippen LogP contribution in [0.25, 0.3) is 0 Å². The van der Waals surface area contributed by atoms with Crippen molar-refractivity contribution in [1.82, 2.24) is 0 Å². The average Bonchev–Trinajstić information content (AvgIpc) is 2.03. The van der Waals surface area contributed by atoms with Crippen LogP contribution in [0.4, 0.5) is 10.1 Å². The number of benzene rings is 1. The first-order valence-electron chi connectivity index (χ1n) is 3.82. The second-order valence-electron chi connectivity index (χ2n) is 2.68. The van der Waals surface area contributed by atoms with E-state index in [2.05, 4.69) is 5.32 Å². The van der Waals surface area contributed by atoms with Crippen molar-refractivity contribution in [3.63, 3.8) is 0 Å². The number of halogens is 1. The fraction of sp³-hybridized carbons (Fsp3) is 0.222. The van der Waals surface area contributed by atoms with E-state index in [4.69, 9.17) is 5.11 Å². The van der Waals surface area contributed by atoms with E-state index in [-0.39, 0.29) is 12.2 Å². The first kappa shape index (κ1) is 9.51. The monoisotopic (exact) mass is 183 g/mol. The van der Waals surface area contributed by atoms with Gasteiger partial charge >= 0.3 is 5.97 Å². The summed E-state index contributed by atoms with van der Waals surface area (Å²) in [7, 11) is 0. The van der Waals surface area contributed by atoms with Gasteiger partial charge in [0.25, 0.3) is 0 Å². The van der Waals surface area contributed by atoms with Gasteiger partial charge in [-0.1, -0.05) is 12.1 Å². The standard InChI is InChI=1S/C9H10FNO2/c1-6-3-2-4-7(10)9(6)11-5-8(12)13/h2-4,11H,5H2,1H3,(H,12,13). The van der Waals surface area contributed by atoms with Gasteiger partial charge in [0.05, 0.1) is 5.69 Å². The minimum atomic E-state index is -1.01. The van der Waals surface area contributed by atoms with Gasteiger partial charge in [0, 0.05) is 0 Å². The Labute approximate surface area is 75.2 Å². The topological polar surface area (TPSA) is 49.3 Å². The highest BCUT2D eigenvalue weighted by atomic mass is 19.1. The van der Waals surface area contributed by atoms with E-state index >= 15 is 0 Å². The molecule has 0 aliphatic heterocycles. The summed E-state index contributed by atoms with van der Waals surface area (Å²) in [5.41, 5.74) is 0.950. The van der Waals surface area contributed by atoms with E-state index in [9.17, 15) is 9.18 Å². The van der Waals surface area contributed by atoms with E-state index in [0.717, 1.165) is 0 Å². The largest absolute Gasteiger partial charge is 0.480 e. The van der Waals surface area contributed by atoms with E-state index in [1.807, 2.05) is 0 Å². The molecule has 2 N–H and O–H groups in total. The Morgan fingerprint density at radius 2 is 2.31 bits per heavy atom. The van der Waals surface area contributed by atoms with Crippen LogP contribution >= 0.6 is 0 Å². The van der Waals surface area contributed by atoms with E-state index in [0.29, 0.717) is 5.56 Å². The second-order valence-corrected chi connectivity index (χ2v) is 2.68. The number of carboxylic acid groups (broad SMARTS) is 1. The summed E-state index contributed by atoms with van der Waals surface area (Å²) in [4.78, 5) is 10.2. The highest BCUT2D eigenvalue weighted by Crippen LogP contribution is 2.17. The van der Waals surface area contributed by atoms with Crippen molar-refractivity contribution in [3.05, 3.63) is 29.6 Å². The van der Waals surface area contributed by atoms with Gasteiger partial charge in [-0.05, 0) is 18.6 Å². The highest BCUT2D eigenvalue weighted by Gasteiger charge is 2.05. The molecule has 0 radical (unpaired) electrons. The molecule has 0 aliphatic carbocycles. The quantitative estimate of drug-likeness (QED) is 0.748. The Kier molecular flexibility index (Phi) is 2.84. The van der Waals surface area contributed by atoms with Crippen LogP contribution in [0.3, 0.4) is 0 Å². The van der Waals surface area contributed by atoms with Crippen molar-refractivity contribution < 1.29 is 14.3 Å². The average molecular weight is 183 g/mol.